The topological polar surface area (TPSA) is 66.5 Å². The third kappa shape index (κ3) is 5.33. The van der Waals surface area contributed by atoms with Gasteiger partial charge in [0.1, 0.15) is 0 Å². The quantitative estimate of drug-likeness (QED) is 0.507. The molecule has 1 atom stereocenters. The van der Waals surface area contributed by atoms with Gasteiger partial charge in [-0.05, 0) is 97.7 Å². The number of fused-ring (bicyclic) bond motifs is 1. The molecule has 5 nitrogen and oxygen atoms in total. The zero-order valence-electron chi connectivity index (χ0n) is 20.3. The highest BCUT2D eigenvalue weighted by Gasteiger charge is 2.19. The van der Waals surface area contributed by atoms with Crippen LogP contribution in [0, 0.1) is 13.8 Å². The van der Waals surface area contributed by atoms with Gasteiger partial charge < -0.3 is 5.32 Å². The summed E-state index contributed by atoms with van der Waals surface area (Å²) in [4.78, 5) is 12.8. The molecule has 3 aromatic rings. The number of anilines is 1. The Hall–Kier alpha value is -3.12. The minimum atomic E-state index is -3.47. The maximum absolute atomic E-state index is 12.8. The van der Waals surface area contributed by atoms with Crippen LogP contribution in [0.3, 0.4) is 0 Å². The zero-order valence-corrected chi connectivity index (χ0v) is 21.1. The Morgan fingerprint density at radius 3 is 2.32 bits per heavy atom. The molecule has 6 heteroatoms. The number of hydrogen-bond donors (Lipinski definition) is 1. The average Bonchev–Trinajstić information content (AvgIpc) is 3.27. The predicted molar refractivity (Wildman–Crippen MR) is 138 cm³/mol. The molecule has 0 fully saturated rings. The Labute approximate surface area is 202 Å². The highest BCUT2D eigenvalue weighted by Crippen LogP contribution is 2.26. The summed E-state index contributed by atoms with van der Waals surface area (Å²) in [6.45, 7) is 6.17. The van der Waals surface area contributed by atoms with Crippen LogP contribution in [0.4, 0.5) is 5.69 Å². The van der Waals surface area contributed by atoms with Gasteiger partial charge in [-0.15, -0.1) is 0 Å². The van der Waals surface area contributed by atoms with Gasteiger partial charge in [-0.3, -0.25) is 9.10 Å². The maximum Gasteiger partial charge on any atom is 0.251 e. The molecule has 0 spiro atoms. The molecule has 34 heavy (non-hydrogen) atoms. The van der Waals surface area contributed by atoms with Crippen LogP contribution in [0.1, 0.15) is 63.1 Å². The van der Waals surface area contributed by atoms with Crippen molar-refractivity contribution in [3.63, 3.8) is 0 Å². The van der Waals surface area contributed by atoms with Gasteiger partial charge in [-0.1, -0.05) is 36.4 Å². The molecule has 0 saturated carbocycles. The number of sulfonamides is 1. The average molecular weight is 477 g/mol. The molecular weight excluding hydrogens is 444 g/mol. The second-order valence-electron chi connectivity index (χ2n) is 9.31. The van der Waals surface area contributed by atoms with Gasteiger partial charge in [0, 0.05) is 5.56 Å². The Morgan fingerprint density at radius 2 is 1.65 bits per heavy atom. The van der Waals surface area contributed by atoms with Crippen LogP contribution in [0.25, 0.3) is 0 Å². The molecule has 0 heterocycles. The van der Waals surface area contributed by atoms with Crippen molar-refractivity contribution in [2.75, 3.05) is 10.6 Å². The molecule has 0 aliphatic heterocycles. The Morgan fingerprint density at radius 1 is 0.941 bits per heavy atom. The summed E-state index contributed by atoms with van der Waals surface area (Å²) in [6, 6.07) is 19.2. The molecule has 0 bridgehead atoms. The van der Waals surface area contributed by atoms with Crippen LogP contribution in [-0.2, 0) is 29.4 Å². The summed E-state index contributed by atoms with van der Waals surface area (Å²) in [5, 5.41) is 3.08. The molecule has 3 aromatic carbocycles. The molecule has 0 unspecified atom stereocenters. The first-order valence-electron chi connectivity index (χ1n) is 11.7. The van der Waals surface area contributed by atoms with Crippen LogP contribution in [0.15, 0.2) is 60.7 Å². The first-order valence-corrected chi connectivity index (χ1v) is 13.5. The van der Waals surface area contributed by atoms with Crippen molar-refractivity contribution in [1.29, 1.82) is 0 Å². The molecule has 0 aromatic heterocycles. The van der Waals surface area contributed by atoms with Crippen molar-refractivity contribution in [3.8, 4) is 0 Å². The smallest absolute Gasteiger partial charge is 0.251 e. The van der Waals surface area contributed by atoms with E-state index in [9.17, 15) is 13.2 Å². The number of carbonyl (C=O) groups is 1. The minimum absolute atomic E-state index is 0.0939. The van der Waals surface area contributed by atoms with Crippen molar-refractivity contribution >= 4 is 21.6 Å². The van der Waals surface area contributed by atoms with E-state index in [1.165, 1.54) is 28.1 Å². The number of hydrogen-bond acceptors (Lipinski definition) is 3. The highest BCUT2D eigenvalue weighted by atomic mass is 32.2. The molecule has 4 rings (SSSR count). The van der Waals surface area contributed by atoms with E-state index in [4.69, 9.17) is 0 Å². The SMILES string of the molecule is Cc1ccc(N(Cc2ccc(C(=O)N[C@@H](C)c3ccc4c(c3)CCC4)cc2)S(C)(=O)=O)cc1C. The lowest BCUT2D eigenvalue weighted by atomic mass is 10.0. The van der Waals surface area contributed by atoms with E-state index < -0.39 is 10.0 Å². The van der Waals surface area contributed by atoms with E-state index >= 15 is 0 Å². The number of nitrogens with zero attached hydrogens (tertiary/aromatic N) is 1. The van der Waals surface area contributed by atoms with Crippen molar-refractivity contribution in [3.05, 3.63) is 99.6 Å². The van der Waals surface area contributed by atoms with Crippen LogP contribution in [-0.4, -0.2) is 20.6 Å². The molecule has 1 amide bonds. The van der Waals surface area contributed by atoms with Gasteiger partial charge in [0.05, 0.1) is 24.5 Å². The first kappa shape index (κ1) is 24.0. The zero-order chi connectivity index (χ0) is 24.5. The third-order valence-corrected chi connectivity index (χ3v) is 7.83. The van der Waals surface area contributed by atoms with Crippen molar-refractivity contribution in [2.45, 2.75) is 52.6 Å². The molecule has 0 saturated heterocycles. The standard InChI is InChI=1S/C28H32N2O3S/c1-19-8-15-27(16-20(19)2)30(34(4,32)33)18-22-9-11-24(12-10-22)28(31)29-21(3)25-14-13-23-6-5-7-26(23)17-25/h8-17,21H,5-7,18H2,1-4H3,(H,29,31)/t21-/m0/s1. The van der Waals surface area contributed by atoms with Crippen LogP contribution in [0.5, 0.6) is 0 Å². The maximum atomic E-state index is 12.8. The van der Waals surface area contributed by atoms with Gasteiger partial charge in [0.15, 0.2) is 0 Å². The lowest BCUT2D eigenvalue weighted by Crippen LogP contribution is -2.29. The van der Waals surface area contributed by atoms with E-state index in [0.29, 0.717) is 11.3 Å². The fourth-order valence-corrected chi connectivity index (χ4v) is 5.31. The molecule has 0 radical (unpaired) electrons. The monoisotopic (exact) mass is 476 g/mol. The Balaban J connectivity index is 1.46. The number of aryl methyl sites for hydroxylation is 4. The normalized spacial score (nSPS) is 13.9. The van der Waals surface area contributed by atoms with Crippen molar-refractivity contribution < 1.29 is 13.2 Å². The molecule has 1 aliphatic carbocycles. The fraction of sp³-hybridized carbons (Fsp3) is 0.321. The van der Waals surface area contributed by atoms with Crippen LogP contribution in [0.2, 0.25) is 0 Å². The number of carbonyl (C=O) groups excluding carboxylic acids is 1. The summed E-state index contributed by atoms with van der Waals surface area (Å²) in [7, 11) is -3.47. The molecular formula is C28H32N2O3S. The van der Waals surface area contributed by atoms with Crippen LogP contribution >= 0.6 is 0 Å². The number of benzene rings is 3. The number of rotatable bonds is 7. The van der Waals surface area contributed by atoms with E-state index in [1.807, 2.05) is 51.1 Å². The lowest BCUT2D eigenvalue weighted by Gasteiger charge is -2.23. The van der Waals surface area contributed by atoms with E-state index in [-0.39, 0.29) is 18.5 Å². The van der Waals surface area contributed by atoms with Crippen molar-refractivity contribution in [2.24, 2.45) is 0 Å². The van der Waals surface area contributed by atoms with E-state index in [1.54, 1.807) is 12.1 Å². The third-order valence-electron chi connectivity index (χ3n) is 6.69. The summed E-state index contributed by atoms with van der Waals surface area (Å²) in [5.74, 6) is -0.145. The number of nitrogens with one attached hydrogen (secondary N) is 1. The Bertz CT molecular complexity index is 1310. The molecule has 178 valence electrons. The van der Waals surface area contributed by atoms with Gasteiger partial charge in [0.25, 0.3) is 5.91 Å². The largest absolute Gasteiger partial charge is 0.346 e. The summed E-state index contributed by atoms with van der Waals surface area (Å²) >= 11 is 0. The minimum Gasteiger partial charge on any atom is -0.346 e. The summed E-state index contributed by atoms with van der Waals surface area (Å²) in [6.07, 6.45) is 4.66. The second-order valence-corrected chi connectivity index (χ2v) is 11.2. The second kappa shape index (κ2) is 9.63. The lowest BCUT2D eigenvalue weighted by molar-refractivity contribution is 0.0940. The highest BCUT2D eigenvalue weighted by molar-refractivity contribution is 7.92. The summed E-state index contributed by atoms with van der Waals surface area (Å²) < 4.78 is 26.4. The summed E-state index contributed by atoms with van der Waals surface area (Å²) in [5.41, 5.74) is 8.07. The predicted octanol–water partition coefficient (Wildman–Crippen LogP) is 5.25. The van der Waals surface area contributed by atoms with Gasteiger partial charge in [0.2, 0.25) is 10.0 Å². The molecule has 1 aliphatic rings. The van der Waals surface area contributed by atoms with Gasteiger partial charge in [-0.25, -0.2) is 8.42 Å². The van der Waals surface area contributed by atoms with Gasteiger partial charge >= 0.3 is 0 Å². The van der Waals surface area contributed by atoms with Crippen LogP contribution < -0.4 is 9.62 Å². The van der Waals surface area contributed by atoms with E-state index in [2.05, 4.69) is 23.5 Å². The van der Waals surface area contributed by atoms with Crippen molar-refractivity contribution in [1.82, 2.24) is 5.32 Å². The molecule has 1 N–H and O–H groups in total. The Kier molecular flexibility index (Phi) is 6.80. The van der Waals surface area contributed by atoms with Gasteiger partial charge in [-0.2, -0.15) is 0 Å². The number of amides is 1. The first-order chi connectivity index (χ1) is 16.1. The van der Waals surface area contributed by atoms with E-state index in [0.717, 1.165) is 35.1 Å². The fourth-order valence-electron chi connectivity index (χ4n) is 4.43.